The number of nitrogens with zero attached hydrogens (tertiary/aromatic N) is 4. The van der Waals surface area contributed by atoms with Crippen LogP contribution in [0.5, 0.6) is 0 Å². The average molecular weight is 260 g/mol. The number of anilines is 2. The van der Waals surface area contributed by atoms with E-state index in [0.29, 0.717) is 5.95 Å². The number of aryl methyl sites for hydroxylation is 1. The van der Waals surface area contributed by atoms with E-state index in [2.05, 4.69) is 32.6 Å². The van der Waals surface area contributed by atoms with Crippen LogP contribution in [0.3, 0.4) is 0 Å². The predicted octanol–water partition coefficient (Wildman–Crippen LogP) is 2.00. The minimum absolute atomic E-state index is 0.680. The first-order chi connectivity index (χ1) is 9.38. The molecule has 0 aliphatic carbocycles. The second kappa shape index (κ2) is 7.35. The first-order valence-electron chi connectivity index (χ1n) is 6.66. The highest BCUT2D eigenvalue weighted by molar-refractivity contribution is 5.39. The molecular weight excluding hydrogens is 240 g/mol. The molecule has 2 aromatic heterocycles. The third-order valence-electron chi connectivity index (χ3n) is 2.62. The maximum absolute atomic E-state index is 4.39. The van der Waals surface area contributed by atoms with Gasteiger partial charge in [-0.05, 0) is 25.0 Å². The van der Waals surface area contributed by atoms with Crippen molar-refractivity contribution in [3.05, 3.63) is 30.7 Å². The molecule has 0 radical (unpaired) electrons. The van der Waals surface area contributed by atoms with Gasteiger partial charge in [0.15, 0.2) is 0 Å². The zero-order valence-corrected chi connectivity index (χ0v) is 11.2. The zero-order valence-electron chi connectivity index (χ0n) is 11.2. The maximum atomic E-state index is 4.39. The van der Waals surface area contributed by atoms with Gasteiger partial charge < -0.3 is 10.6 Å². The standard InChI is InChI=1S/C13H20N6/c1-2-6-15-13-16-9-5-12(18-13)14-7-3-10-19-11-4-8-17-19/h4-5,8-9,11H,2-3,6-7,10H2,1H3,(H2,14,15,16,18). The zero-order chi connectivity index (χ0) is 13.3. The summed E-state index contributed by atoms with van der Waals surface area (Å²) in [6.07, 6.45) is 7.59. The van der Waals surface area contributed by atoms with Crippen LogP contribution in [0.25, 0.3) is 0 Å². The Bertz CT molecular complexity index is 468. The summed E-state index contributed by atoms with van der Waals surface area (Å²) in [7, 11) is 0. The minimum Gasteiger partial charge on any atom is -0.370 e. The Labute approximate surface area is 113 Å². The number of aromatic nitrogens is 4. The lowest BCUT2D eigenvalue weighted by Crippen LogP contribution is -2.10. The lowest BCUT2D eigenvalue weighted by molar-refractivity contribution is 0.591. The second-order valence-corrected chi connectivity index (χ2v) is 4.24. The van der Waals surface area contributed by atoms with Gasteiger partial charge in [-0.1, -0.05) is 6.92 Å². The number of rotatable bonds is 8. The topological polar surface area (TPSA) is 67.7 Å². The van der Waals surface area contributed by atoms with Gasteiger partial charge >= 0.3 is 0 Å². The monoisotopic (exact) mass is 260 g/mol. The molecule has 19 heavy (non-hydrogen) atoms. The molecule has 6 heteroatoms. The molecule has 2 heterocycles. The van der Waals surface area contributed by atoms with Crippen LogP contribution in [-0.2, 0) is 6.54 Å². The van der Waals surface area contributed by atoms with Crippen molar-refractivity contribution in [2.45, 2.75) is 26.3 Å². The normalized spacial score (nSPS) is 10.4. The fourth-order valence-corrected chi connectivity index (χ4v) is 1.67. The fraction of sp³-hybridized carbons (Fsp3) is 0.462. The van der Waals surface area contributed by atoms with Gasteiger partial charge in [0, 0.05) is 38.2 Å². The Kier molecular flexibility index (Phi) is 5.16. The van der Waals surface area contributed by atoms with Gasteiger partial charge in [-0.2, -0.15) is 10.1 Å². The number of nitrogens with one attached hydrogen (secondary N) is 2. The molecule has 0 saturated heterocycles. The summed E-state index contributed by atoms with van der Waals surface area (Å²) in [5.74, 6) is 1.54. The molecule has 0 saturated carbocycles. The third-order valence-corrected chi connectivity index (χ3v) is 2.62. The van der Waals surface area contributed by atoms with Crippen molar-refractivity contribution in [2.75, 3.05) is 23.7 Å². The van der Waals surface area contributed by atoms with Gasteiger partial charge in [0.2, 0.25) is 5.95 Å². The summed E-state index contributed by atoms with van der Waals surface area (Å²) in [4.78, 5) is 8.56. The van der Waals surface area contributed by atoms with Gasteiger partial charge in [-0.25, -0.2) is 4.98 Å². The lowest BCUT2D eigenvalue weighted by atomic mass is 10.4. The molecule has 2 aromatic rings. The Morgan fingerprint density at radius 1 is 1.21 bits per heavy atom. The Morgan fingerprint density at radius 2 is 2.16 bits per heavy atom. The first kappa shape index (κ1) is 13.3. The van der Waals surface area contributed by atoms with Crippen LogP contribution in [0.1, 0.15) is 19.8 Å². The molecular formula is C13H20N6. The van der Waals surface area contributed by atoms with E-state index < -0.39 is 0 Å². The average Bonchev–Trinajstić information content (AvgIpc) is 2.95. The van der Waals surface area contributed by atoms with Crippen molar-refractivity contribution < 1.29 is 0 Å². The highest BCUT2D eigenvalue weighted by Gasteiger charge is 1.98. The Morgan fingerprint density at radius 3 is 2.95 bits per heavy atom. The first-order valence-corrected chi connectivity index (χ1v) is 6.66. The summed E-state index contributed by atoms with van der Waals surface area (Å²) < 4.78 is 1.93. The summed E-state index contributed by atoms with van der Waals surface area (Å²) in [5, 5.41) is 10.6. The van der Waals surface area contributed by atoms with Crippen molar-refractivity contribution >= 4 is 11.8 Å². The van der Waals surface area contributed by atoms with Crippen molar-refractivity contribution in [2.24, 2.45) is 0 Å². The summed E-state index contributed by atoms with van der Waals surface area (Å²) in [6, 6.07) is 3.81. The highest BCUT2D eigenvalue weighted by Crippen LogP contribution is 2.05. The van der Waals surface area contributed by atoms with Crippen LogP contribution in [-0.4, -0.2) is 32.8 Å². The second-order valence-electron chi connectivity index (χ2n) is 4.24. The predicted molar refractivity (Wildman–Crippen MR) is 76.1 cm³/mol. The van der Waals surface area contributed by atoms with Gasteiger partial charge in [0.1, 0.15) is 5.82 Å². The maximum Gasteiger partial charge on any atom is 0.224 e. The molecule has 2 rings (SSSR count). The molecule has 0 bridgehead atoms. The fourth-order valence-electron chi connectivity index (χ4n) is 1.67. The molecule has 0 aromatic carbocycles. The van der Waals surface area contributed by atoms with Crippen molar-refractivity contribution in [1.82, 2.24) is 19.7 Å². The Hall–Kier alpha value is -2.11. The van der Waals surface area contributed by atoms with E-state index in [-0.39, 0.29) is 0 Å². The van der Waals surface area contributed by atoms with Gasteiger partial charge in [-0.3, -0.25) is 4.68 Å². The van der Waals surface area contributed by atoms with E-state index in [1.165, 1.54) is 0 Å². The van der Waals surface area contributed by atoms with Crippen LogP contribution in [0.4, 0.5) is 11.8 Å². The van der Waals surface area contributed by atoms with Crippen molar-refractivity contribution in [3.8, 4) is 0 Å². The van der Waals surface area contributed by atoms with Crippen molar-refractivity contribution in [1.29, 1.82) is 0 Å². The number of hydrogen-bond donors (Lipinski definition) is 2. The Balaban J connectivity index is 1.73. The molecule has 0 spiro atoms. The SMILES string of the molecule is CCCNc1nccc(NCCCn2cccn2)n1. The minimum atomic E-state index is 0.680. The van der Waals surface area contributed by atoms with E-state index in [1.54, 1.807) is 12.4 Å². The van der Waals surface area contributed by atoms with Gasteiger partial charge in [0.25, 0.3) is 0 Å². The number of hydrogen-bond acceptors (Lipinski definition) is 5. The van der Waals surface area contributed by atoms with Crippen LogP contribution >= 0.6 is 0 Å². The molecule has 2 N–H and O–H groups in total. The van der Waals surface area contributed by atoms with E-state index in [9.17, 15) is 0 Å². The smallest absolute Gasteiger partial charge is 0.224 e. The molecule has 0 atom stereocenters. The van der Waals surface area contributed by atoms with E-state index in [4.69, 9.17) is 0 Å². The summed E-state index contributed by atoms with van der Waals surface area (Å²) in [5.41, 5.74) is 0. The summed E-state index contributed by atoms with van der Waals surface area (Å²) >= 11 is 0. The van der Waals surface area contributed by atoms with E-state index >= 15 is 0 Å². The van der Waals surface area contributed by atoms with Gasteiger partial charge in [-0.15, -0.1) is 0 Å². The van der Waals surface area contributed by atoms with Crippen LogP contribution < -0.4 is 10.6 Å². The van der Waals surface area contributed by atoms with Crippen LogP contribution in [0.2, 0.25) is 0 Å². The van der Waals surface area contributed by atoms with Gasteiger partial charge in [0.05, 0.1) is 0 Å². The molecule has 0 amide bonds. The lowest BCUT2D eigenvalue weighted by Gasteiger charge is -2.07. The molecule has 0 fully saturated rings. The molecule has 0 aliphatic heterocycles. The van der Waals surface area contributed by atoms with Crippen molar-refractivity contribution in [3.63, 3.8) is 0 Å². The highest BCUT2D eigenvalue weighted by atomic mass is 15.3. The summed E-state index contributed by atoms with van der Waals surface area (Å²) in [6.45, 7) is 4.78. The molecule has 0 unspecified atom stereocenters. The molecule has 6 nitrogen and oxygen atoms in total. The van der Waals surface area contributed by atoms with Crippen LogP contribution in [0, 0.1) is 0 Å². The largest absolute Gasteiger partial charge is 0.370 e. The molecule has 0 aliphatic rings. The van der Waals surface area contributed by atoms with E-state index in [0.717, 1.165) is 38.3 Å². The van der Waals surface area contributed by atoms with Crippen LogP contribution in [0.15, 0.2) is 30.7 Å². The quantitative estimate of drug-likeness (QED) is 0.711. The van der Waals surface area contributed by atoms with E-state index in [1.807, 2.05) is 23.0 Å². The molecule has 102 valence electrons. The third kappa shape index (κ3) is 4.57.